The molecular weight excluding hydrogens is 372 g/mol. The summed E-state index contributed by atoms with van der Waals surface area (Å²) in [5.41, 5.74) is 0. The minimum atomic E-state index is -2.95. The normalized spacial score (nSPS) is 10.1. The molecule has 0 fully saturated rings. The maximum absolute atomic E-state index is 11.5. The predicted octanol–water partition coefficient (Wildman–Crippen LogP) is 5.83. The minimum Gasteiger partial charge on any atom is -0.347 e. The average Bonchev–Trinajstić information content (AvgIpc) is 2.14. The molecule has 0 aliphatic rings. The minimum absolute atomic E-state index is 0.0590. The Morgan fingerprint density at radius 1 is 1.05 bits per heavy atom. The second-order valence-electron chi connectivity index (χ2n) is 3.22. The molecular formula is C12H24Cl4F2O3. The highest BCUT2D eigenvalue weighted by atomic mass is 35.5. The Morgan fingerprint density at radius 2 is 1.29 bits per heavy atom. The third-order valence-corrected chi connectivity index (χ3v) is 1.01. The van der Waals surface area contributed by atoms with E-state index in [0.717, 1.165) is 12.8 Å². The number of carbonyl (C=O) groups excluding carboxylic acids is 1. The van der Waals surface area contributed by atoms with Crippen molar-refractivity contribution < 1.29 is 23.0 Å². The van der Waals surface area contributed by atoms with Crippen molar-refractivity contribution in [3.8, 4) is 0 Å². The molecule has 0 rings (SSSR count). The Morgan fingerprint density at radius 3 is 1.29 bits per heavy atom. The Kier molecular flexibility index (Phi) is 26.3. The molecule has 21 heavy (non-hydrogen) atoms. The molecule has 0 atom stereocenters. The Bertz CT molecular complexity index is 200. The maximum Gasteiger partial charge on any atom is 0.352 e. The topological polar surface area (TPSA) is 35.5 Å². The fourth-order valence-corrected chi connectivity index (χ4v) is 0.725. The Balaban J connectivity index is -0.0000000973. The highest BCUT2D eigenvalue weighted by molar-refractivity contribution is 6.62. The molecule has 132 valence electrons. The van der Waals surface area contributed by atoms with Crippen LogP contribution < -0.4 is 0 Å². The van der Waals surface area contributed by atoms with Gasteiger partial charge in [-0.05, 0) is 32.4 Å². The molecule has 0 radical (unpaired) electrons. The molecule has 9 heteroatoms. The van der Waals surface area contributed by atoms with Crippen molar-refractivity contribution in [2.75, 3.05) is 19.1 Å². The van der Waals surface area contributed by atoms with Crippen LogP contribution >= 0.6 is 46.4 Å². The van der Waals surface area contributed by atoms with Crippen molar-refractivity contribution in [2.45, 2.75) is 52.2 Å². The molecule has 0 unspecified atom stereocenters. The zero-order chi connectivity index (χ0) is 18.1. The van der Waals surface area contributed by atoms with Crippen molar-refractivity contribution in [3.05, 3.63) is 0 Å². The summed E-state index contributed by atoms with van der Waals surface area (Å²) in [4.78, 5) is 9.21. The number of rotatable bonds is 4. The van der Waals surface area contributed by atoms with Gasteiger partial charge in [0.25, 0.3) is 0 Å². The number of alkyl halides is 5. The van der Waals surface area contributed by atoms with Crippen molar-refractivity contribution in [1.82, 2.24) is 0 Å². The van der Waals surface area contributed by atoms with E-state index in [2.05, 4.69) is 16.3 Å². The number of hydrogen-bond acceptors (Lipinski definition) is 3. The zero-order valence-electron chi connectivity index (χ0n) is 13.1. The molecule has 0 heterocycles. The summed E-state index contributed by atoms with van der Waals surface area (Å²) in [5, 5.41) is -0.361. The average molecular weight is 396 g/mol. The quantitative estimate of drug-likeness (QED) is 0.443. The summed E-state index contributed by atoms with van der Waals surface area (Å²) in [6.45, 7) is 9.45. The number of hydrogen-bond donors (Lipinski definition) is 0. The largest absolute Gasteiger partial charge is 0.352 e. The molecule has 0 aromatic rings. The third-order valence-electron chi connectivity index (χ3n) is 0.796. The predicted molar refractivity (Wildman–Crippen MR) is 86.9 cm³/mol. The monoisotopic (exact) mass is 394 g/mol. The van der Waals surface area contributed by atoms with E-state index in [-0.39, 0.29) is 11.8 Å². The first kappa shape index (κ1) is 29.6. The molecule has 0 bridgehead atoms. The second kappa shape index (κ2) is 18.7. The molecule has 0 aliphatic carbocycles. The Hall–Kier alpha value is 0.610. The summed E-state index contributed by atoms with van der Waals surface area (Å²) in [6, 6.07) is 0. The summed E-state index contributed by atoms with van der Waals surface area (Å²) in [7, 11) is 0. The van der Waals surface area contributed by atoms with Gasteiger partial charge in [-0.15, -0.1) is 11.6 Å². The highest BCUT2D eigenvalue weighted by Crippen LogP contribution is 2.19. The standard InChI is InChI=1S/C4H8Cl2O.C4H8F2O.C2H3ClO.C2H5Cl/c2*1-3-7-4(2,5)6;1-2(3)4;1-2-3/h2*3H2,1-2H3;1H3;2H2,1H3. The molecule has 0 aromatic heterocycles. The third kappa shape index (κ3) is 96.3. The van der Waals surface area contributed by atoms with Gasteiger partial charge in [-0.1, -0.05) is 30.1 Å². The maximum atomic E-state index is 11.5. The SMILES string of the molecule is CC(=O)Cl.CCCl.CCOC(C)(Cl)Cl.CCOC(C)(F)F. The molecule has 0 aromatic carbocycles. The van der Waals surface area contributed by atoms with Crippen molar-refractivity contribution in [1.29, 1.82) is 0 Å². The summed E-state index contributed by atoms with van der Waals surface area (Å²) in [6.07, 6.45) is -2.95. The van der Waals surface area contributed by atoms with Crippen LogP contribution in [0.4, 0.5) is 8.78 Å². The van der Waals surface area contributed by atoms with Gasteiger partial charge in [0.2, 0.25) is 9.76 Å². The van der Waals surface area contributed by atoms with E-state index in [9.17, 15) is 13.6 Å². The first-order valence-electron chi connectivity index (χ1n) is 6.02. The summed E-state index contributed by atoms with van der Waals surface area (Å²) in [5.74, 6) is 0.722. The molecule has 0 amide bonds. The van der Waals surface area contributed by atoms with E-state index >= 15 is 0 Å². The van der Waals surface area contributed by atoms with Crippen LogP contribution in [0.1, 0.15) is 41.5 Å². The van der Waals surface area contributed by atoms with Gasteiger partial charge in [0.15, 0.2) is 0 Å². The molecule has 3 nitrogen and oxygen atoms in total. The van der Waals surface area contributed by atoms with Crippen molar-refractivity contribution in [2.24, 2.45) is 0 Å². The molecule has 0 aliphatic heterocycles. The lowest BCUT2D eigenvalue weighted by Gasteiger charge is -2.10. The Labute approximate surface area is 146 Å². The van der Waals surface area contributed by atoms with Gasteiger partial charge < -0.3 is 9.47 Å². The van der Waals surface area contributed by atoms with E-state index in [1.165, 1.54) is 13.8 Å². The van der Waals surface area contributed by atoms with Crippen LogP contribution in [0.3, 0.4) is 0 Å². The van der Waals surface area contributed by atoms with Gasteiger partial charge >= 0.3 is 6.11 Å². The summed E-state index contributed by atoms with van der Waals surface area (Å²) < 4.78 is 30.7. The first-order chi connectivity index (χ1) is 9.27. The van der Waals surface area contributed by atoms with Crippen LogP contribution in [0.15, 0.2) is 0 Å². The van der Waals surface area contributed by atoms with Crippen LogP contribution in [-0.2, 0) is 14.3 Å². The lowest BCUT2D eigenvalue weighted by Crippen LogP contribution is -2.14. The van der Waals surface area contributed by atoms with Crippen LogP contribution in [0, 0.1) is 0 Å². The summed E-state index contributed by atoms with van der Waals surface area (Å²) >= 11 is 20.4. The molecule has 0 spiro atoms. The van der Waals surface area contributed by atoms with Gasteiger partial charge in [-0.25, -0.2) is 0 Å². The molecule has 0 saturated heterocycles. The van der Waals surface area contributed by atoms with Gasteiger partial charge in [-0.2, -0.15) is 8.78 Å². The van der Waals surface area contributed by atoms with Gasteiger partial charge in [0.05, 0.1) is 6.61 Å². The van der Waals surface area contributed by atoms with E-state index in [1.54, 1.807) is 6.92 Å². The van der Waals surface area contributed by atoms with Gasteiger partial charge in [0, 0.05) is 26.3 Å². The van der Waals surface area contributed by atoms with Crippen LogP contribution in [0.5, 0.6) is 0 Å². The fourth-order valence-electron chi connectivity index (χ4n) is 0.507. The van der Waals surface area contributed by atoms with Gasteiger partial charge in [0.1, 0.15) is 0 Å². The fraction of sp³-hybridized carbons (Fsp3) is 0.917. The van der Waals surface area contributed by atoms with E-state index in [0.29, 0.717) is 6.61 Å². The molecule has 0 N–H and O–H groups in total. The number of halogens is 6. The highest BCUT2D eigenvalue weighted by Gasteiger charge is 2.19. The van der Waals surface area contributed by atoms with Crippen LogP contribution in [-0.4, -0.2) is 35.0 Å². The van der Waals surface area contributed by atoms with Gasteiger partial charge in [-0.3, -0.25) is 4.79 Å². The van der Waals surface area contributed by atoms with Crippen molar-refractivity contribution >= 4 is 51.6 Å². The zero-order valence-corrected chi connectivity index (χ0v) is 16.1. The second-order valence-corrected chi connectivity index (χ2v) is 5.92. The van der Waals surface area contributed by atoms with E-state index in [4.69, 9.17) is 39.5 Å². The van der Waals surface area contributed by atoms with E-state index < -0.39 is 10.6 Å². The van der Waals surface area contributed by atoms with E-state index in [1.807, 2.05) is 13.8 Å². The van der Waals surface area contributed by atoms with Crippen LogP contribution in [0.2, 0.25) is 0 Å². The molecule has 0 saturated carbocycles. The van der Waals surface area contributed by atoms with Crippen LogP contribution in [0.25, 0.3) is 0 Å². The first-order valence-corrected chi connectivity index (χ1v) is 7.69. The lowest BCUT2D eigenvalue weighted by atomic mass is 10.7. The number of ether oxygens (including phenoxy) is 2. The van der Waals surface area contributed by atoms with Crippen molar-refractivity contribution in [3.63, 3.8) is 0 Å². The number of carbonyl (C=O) groups is 1. The lowest BCUT2D eigenvalue weighted by molar-refractivity contribution is -0.220. The smallest absolute Gasteiger partial charge is 0.347 e.